The van der Waals surface area contributed by atoms with E-state index in [0.29, 0.717) is 6.04 Å². The van der Waals surface area contributed by atoms with Gasteiger partial charge in [0.25, 0.3) is 0 Å². The molecule has 4 heteroatoms. The zero-order chi connectivity index (χ0) is 14.5. The van der Waals surface area contributed by atoms with E-state index in [1.807, 2.05) is 18.4 Å². The molecule has 0 bridgehead atoms. The third-order valence-corrected chi connectivity index (χ3v) is 5.64. The lowest BCUT2D eigenvalue weighted by atomic mass is 9.85. The molecule has 1 aliphatic carbocycles. The van der Waals surface area contributed by atoms with Gasteiger partial charge in [0.1, 0.15) is 0 Å². The number of nitrogens with zero attached hydrogens (tertiary/aromatic N) is 2. The summed E-state index contributed by atoms with van der Waals surface area (Å²) in [7, 11) is 4.26. The summed E-state index contributed by atoms with van der Waals surface area (Å²) in [6.45, 7) is 5.57. The number of aromatic nitrogens is 1. The van der Waals surface area contributed by atoms with Crippen LogP contribution in [0.25, 0.3) is 0 Å². The predicted octanol–water partition coefficient (Wildman–Crippen LogP) is 3.83. The molecule has 1 aliphatic rings. The van der Waals surface area contributed by atoms with E-state index in [9.17, 15) is 0 Å². The Bertz CT molecular complexity index is 392. The molecule has 114 valence electrons. The van der Waals surface area contributed by atoms with Crippen LogP contribution in [0.4, 0.5) is 5.13 Å². The number of aryl methyl sites for hydroxylation is 1. The zero-order valence-corrected chi connectivity index (χ0v) is 14.2. The minimum atomic E-state index is 0.673. The fraction of sp³-hybridized carbons (Fsp3) is 0.812. The van der Waals surface area contributed by atoms with E-state index in [1.54, 1.807) is 0 Å². The quantitative estimate of drug-likeness (QED) is 0.864. The van der Waals surface area contributed by atoms with Crippen LogP contribution in [0.15, 0.2) is 0 Å². The second kappa shape index (κ2) is 7.41. The summed E-state index contributed by atoms with van der Waals surface area (Å²) < 4.78 is 0. The topological polar surface area (TPSA) is 28.2 Å². The Kier molecular flexibility index (Phi) is 5.85. The highest BCUT2D eigenvalue weighted by atomic mass is 32.1. The van der Waals surface area contributed by atoms with E-state index in [0.717, 1.165) is 18.9 Å². The Morgan fingerprint density at radius 2 is 2.10 bits per heavy atom. The molecule has 0 amide bonds. The summed E-state index contributed by atoms with van der Waals surface area (Å²) in [5.41, 5.74) is 1.30. The first-order valence-electron chi connectivity index (χ1n) is 8.03. The highest BCUT2D eigenvalue weighted by Crippen LogP contribution is 2.34. The smallest absolute Gasteiger partial charge is 0.185 e. The molecule has 1 heterocycles. The summed E-state index contributed by atoms with van der Waals surface area (Å²) in [5.74, 6) is 0.792. The molecule has 1 aromatic heterocycles. The van der Waals surface area contributed by atoms with Crippen LogP contribution >= 0.6 is 11.3 Å². The normalized spacial score (nSPS) is 23.0. The average Bonchev–Trinajstić information content (AvgIpc) is 2.83. The second-order valence-electron chi connectivity index (χ2n) is 6.09. The van der Waals surface area contributed by atoms with Crippen LogP contribution in [0.3, 0.4) is 0 Å². The molecule has 1 N–H and O–H groups in total. The number of hydrogen-bond acceptors (Lipinski definition) is 4. The predicted molar refractivity (Wildman–Crippen MR) is 88.7 cm³/mol. The Morgan fingerprint density at radius 1 is 1.35 bits per heavy atom. The maximum atomic E-state index is 4.93. The SMILES string of the molecule is CCCc1nc(N(C)C2CCCCC2C)sc1CNC. The first-order chi connectivity index (χ1) is 9.67. The zero-order valence-electron chi connectivity index (χ0n) is 13.4. The number of nitrogens with one attached hydrogen (secondary N) is 1. The van der Waals surface area contributed by atoms with Crippen LogP contribution in [-0.4, -0.2) is 25.1 Å². The van der Waals surface area contributed by atoms with Crippen LogP contribution in [0.2, 0.25) is 0 Å². The van der Waals surface area contributed by atoms with Crippen molar-refractivity contribution in [1.82, 2.24) is 10.3 Å². The van der Waals surface area contributed by atoms with Crippen molar-refractivity contribution in [2.75, 3.05) is 19.0 Å². The summed E-state index contributed by atoms with van der Waals surface area (Å²) in [6.07, 6.45) is 7.73. The van der Waals surface area contributed by atoms with Gasteiger partial charge in [0.15, 0.2) is 5.13 Å². The Balaban J connectivity index is 2.15. The van der Waals surface area contributed by atoms with Crippen molar-refractivity contribution in [3.63, 3.8) is 0 Å². The third kappa shape index (κ3) is 3.53. The second-order valence-corrected chi connectivity index (χ2v) is 7.15. The van der Waals surface area contributed by atoms with Gasteiger partial charge in [-0.05, 0) is 32.2 Å². The van der Waals surface area contributed by atoms with Gasteiger partial charge in [0, 0.05) is 24.5 Å². The summed E-state index contributed by atoms with van der Waals surface area (Å²) in [4.78, 5) is 8.80. The maximum absolute atomic E-state index is 4.93. The van der Waals surface area contributed by atoms with E-state index >= 15 is 0 Å². The summed E-state index contributed by atoms with van der Waals surface area (Å²) in [6, 6.07) is 0.673. The molecule has 2 rings (SSSR count). The van der Waals surface area contributed by atoms with Gasteiger partial charge < -0.3 is 10.2 Å². The standard InChI is InChI=1S/C16H29N3S/c1-5-8-13-15(11-17-3)20-16(18-13)19(4)14-10-7-6-9-12(14)2/h12,14,17H,5-11H2,1-4H3. The van der Waals surface area contributed by atoms with Crippen molar-refractivity contribution in [3.8, 4) is 0 Å². The largest absolute Gasteiger partial charge is 0.348 e. The van der Waals surface area contributed by atoms with Gasteiger partial charge in [-0.15, -0.1) is 11.3 Å². The average molecular weight is 295 g/mol. The molecule has 0 saturated heterocycles. The van der Waals surface area contributed by atoms with Crippen molar-refractivity contribution in [2.24, 2.45) is 5.92 Å². The van der Waals surface area contributed by atoms with Gasteiger partial charge >= 0.3 is 0 Å². The van der Waals surface area contributed by atoms with Crippen molar-refractivity contribution in [1.29, 1.82) is 0 Å². The summed E-state index contributed by atoms with van der Waals surface area (Å²) >= 11 is 1.88. The van der Waals surface area contributed by atoms with Crippen molar-refractivity contribution in [3.05, 3.63) is 10.6 Å². The highest BCUT2D eigenvalue weighted by Gasteiger charge is 2.27. The van der Waals surface area contributed by atoms with Crippen LogP contribution in [0.1, 0.15) is 56.5 Å². The molecule has 2 atom stereocenters. The molecule has 1 aromatic rings. The van der Waals surface area contributed by atoms with Gasteiger partial charge in [-0.3, -0.25) is 0 Å². The summed E-state index contributed by atoms with van der Waals surface area (Å²) in [5, 5.41) is 4.50. The van der Waals surface area contributed by atoms with Gasteiger partial charge in [-0.1, -0.05) is 33.1 Å². The van der Waals surface area contributed by atoms with E-state index < -0.39 is 0 Å². The molecule has 1 saturated carbocycles. The minimum absolute atomic E-state index is 0.673. The lowest BCUT2D eigenvalue weighted by molar-refractivity contribution is 0.321. The molecular weight excluding hydrogens is 266 g/mol. The molecule has 0 aliphatic heterocycles. The molecule has 0 spiro atoms. The molecule has 3 nitrogen and oxygen atoms in total. The van der Waals surface area contributed by atoms with E-state index in [-0.39, 0.29) is 0 Å². The molecule has 0 radical (unpaired) electrons. The molecule has 20 heavy (non-hydrogen) atoms. The monoisotopic (exact) mass is 295 g/mol. The number of thiazole rings is 1. The first-order valence-corrected chi connectivity index (χ1v) is 8.85. The fourth-order valence-electron chi connectivity index (χ4n) is 3.27. The van der Waals surface area contributed by atoms with E-state index in [2.05, 4.69) is 31.1 Å². The minimum Gasteiger partial charge on any atom is -0.348 e. The van der Waals surface area contributed by atoms with Crippen LogP contribution < -0.4 is 10.2 Å². The first kappa shape index (κ1) is 15.8. The molecule has 2 unspecified atom stereocenters. The van der Waals surface area contributed by atoms with Gasteiger partial charge in [0.2, 0.25) is 0 Å². The van der Waals surface area contributed by atoms with Crippen molar-refractivity contribution >= 4 is 16.5 Å². The Labute approximate surface area is 127 Å². The number of anilines is 1. The van der Waals surface area contributed by atoms with Crippen LogP contribution in [0, 0.1) is 5.92 Å². The maximum Gasteiger partial charge on any atom is 0.185 e. The van der Waals surface area contributed by atoms with Crippen LogP contribution in [0.5, 0.6) is 0 Å². The van der Waals surface area contributed by atoms with Gasteiger partial charge in [0.05, 0.1) is 5.69 Å². The molecular formula is C16H29N3S. The lowest BCUT2D eigenvalue weighted by Gasteiger charge is -2.36. The fourth-order valence-corrected chi connectivity index (χ4v) is 4.40. The Hall–Kier alpha value is -0.610. The van der Waals surface area contributed by atoms with Gasteiger partial charge in [-0.25, -0.2) is 4.98 Å². The lowest BCUT2D eigenvalue weighted by Crippen LogP contribution is -2.38. The van der Waals surface area contributed by atoms with Crippen molar-refractivity contribution in [2.45, 2.75) is 65.0 Å². The third-order valence-electron chi connectivity index (χ3n) is 4.46. The number of rotatable bonds is 6. The van der Waals surface area contributed by atoms with Crippen LogP contribution in [-0.2, 0) is 13.0 Å². The van der Waals surface area contributed by atoms with E-state index in [1.165, 1.54) is 47.8 Å². The molecule has 0 aromatic carbocycles. The molecule has 1 fully saturated rings. The highest BCUT2D eigenvalue weighted by molar-refractivity contribution is 7.15. The van der Waals surface area contributed by atoms with Gasteiger partial charge in [-0.2, -0.15) is 0 Å². The van der Waals surface area contributed by atoms with E-state index in [4.69, 9.17) is 4.98 Å². The number of hydrogen-bond donors (Lipinski definition) is 1. The van der Waals surface area contributed by atoms with Crippen molar-refractivity contribution < 1.29 is 0 Å². The Morgan fingerprint density at radius 3 is 2.75 bits per heavy atom.